The molecule has 0 unspecified atom stereocenters. The summed E-state index contributed by atoms with van der Waals surface area (Å²) in [5, 5.41) is 3.28. The Morgan fingerprint density at radius 3 is 3.30 bits per heavy atom. The van der Waals surface area contributed by atoms with Crippen molar-refractivity contribution >= 4 is 15.9 Å². The molecular weight excluding hydrogens is 194 g/mol. The summed E-state index contributed by atoms with van der Waals surface area (Å²) < 4.78 is 6.39. The zero-order valence-electron chi connectivity index (χ0n) is 5.48. The van der Waals surface area contributed by atoms with Crippen LogP contribution in [0, 0.1) is 0 Å². The maximum absolute atomic E-state index is 5.30. The molecule has 54 valence electrons. The Balaban J connectivity index is 2.45. The van der Waals surface area contributed by atoms with Gasteiger partial charge in [0.2, 0.25) is 0 Å². The van der Waals surface area contributed by atoms with Crippen molar-refractivity contribution in [2.24, 2.45) is 0 Å². The highest BCUT2D eigenvalue weighted by Crippen LogP contribution is 2.24. The summed E-state index contributed by atoms with van der Waals surface area (Å²) in [6, 6.07) is 0. The van der Waals surface area contributed by atoms with Gasteiger partial charge in [-0.2, -0.15) is 0 Å². The van der Waals surface area contributed by atoms with E-state index < -0.39 is 0 Å². The summed E-state index contributed by atoms with van der Waals surface area (Å²) in [5.41, 5.74) is 1.28. The third-order valence-electron chi connectivity index (χ3n) is 1.76. The Morgan fingerprint density at radius 2 is 2.50 bits per heavy atom. The lowest BCUT2D eigenvalue weighted by Gasteiger charge is -2.10. The molecule has 2 heterocycles. The average molecular weight is 202 g/mol. The predicted octanol–water partition coefficient (Wildman–Crippen LogP) is 1.69. The number of hydrogen-bond acceptors (Lipinski definition) is 2. The Labute approximate surface area is 67.7 Å². The molecule has 0 bridgehead atoms. The Bertz CT molecular complexity index is 244. The number of rotatable bonds is 0. The molecule has 0 fully saturated rings. The molecule has 1 aliphatic rings. The second-order valence-electron chi connectivity index (χ2n) is 2.41. The zero-order valence-corrected chi connectivity index (χ0v) is 7.07. The van der Waals surface area contributed by atoms with Gasteiger partial charge in [-0.3, -0.25) is 0 Å². The number of furan rings is 1. The molecule has 0 amide bonds. The van der Waals surface area contributed by atoms with E-state index in [0.717, 1.165) is 29.7 Å². The molecular formula is C7H8BrNO. The highest BCUT2D eigenvalue weighted by atomic mass is 79.9. The van der Waals surface area contributed by atoms with Gasteiger partial charge in [-0.25, -0.2) is 0 Å². The average Bonchev–Trinajstić information content (AvgIpc) is 2.34. The van der Waals surface area contributed by atoms with Crippen LogP contribution in [0.15, 0.2) is 15.2 Å². The summed E-state index contributed by atoms with van der Waals surface area (Å²) in [5.74, 6) is 1.13. The minimum atomic E-state index is 0.937. The van der Waals surface area contributed by atoms with Crippen LogP contribution in [0.25, 0.3) is 0 Å². The Morgan fingerprint density at radius 1 is 1.60 bits per heavy atom. The lowest BCUT2D eigenvalue weighted by molar-refractivity contribution is 0.474. The Kier molecular flexibility index (Phi) is 1.54. The van der Waals surface area contributed by atoms with E-state index in [0.29, 0.717) is 0 Å². The van der Waals surface area contributed by atoms with Crippen molar-refractivity contribution in [3.63, 3.8) is 0 Å². The maximum Gasteiger partial charge on any atom is 0.110 e. The molecule has 0 saturated carbocycles. The van der Waals surface area contributed by atoms with Gasteiger partial charge in [0, 0.05) is 25.1 Å². The van der Waals surface area contributed by atoms with Gasteiger partial charge in [-0.05, 0) is 15.9 Å². The fraction of sp³-hybridized carbons (Fsp3) is 0.429. The lowest BCUT2D eigenvalue weighted by atomic mass is 10.1. The van der Waals surface area contributed by atoms with Crippen molar-refractivity contribution in [3.8, 4) is 0 Å². The summed E-state index contributed by atoms with van der Waals surface area (Å²) in [7, 11) is 0. The first-order valence-corrected chi connectivity index (χ1v) is 4.12. The van der Waals surface area contributed by atoms with Crippen LogP contribution in [0.4, 0.5) is 0 Å². The van der Waals surface area contributed by atoms with Gasteiger partial charge in [0.25, 0.3) is 0 Å². The van der Waals surface area contributed by atoms with Crippen LogP contribution in [0.5, 0.6) is 0 Å². The normalized spacial score (nSPS) is 16.9. The van der Waals surface area contributed by atoms with Crippen LogP contribution in [0.2, 0.25) is 0 Å². The van der Waals surface area contributed by atoms with Gasteiger partial charge in [-0.15, -0.1) is 0 Å². The van der Waals surface area contributed by atoms with Crippen LogP contribution >= 0.6 is 15.9 Å². The van der Waals surface area contributed by atoms with Crippen molar-refractivity contribution in [3.05, 3.63) is 22.1 Å². The summed E-state index contributed by atoms with van der Waals surface area (Å²) in [6.45, 7) is 1.97. The molecule has 2 rings (SSSR count). The van der Waals surface area contributed by atoms with Crippen molar-refractivity contribution in [2.75, 3.05) is 6.54 Å². The van der Waals surface area contributed by atoms with Gasteiger partial charge >= 0.3 is 0 Å². The molecule has 0 atom stereocenters. The van der Waals surface area contributed by atoms with Gasteiger partial charge in [0.15, 0.2) is 0 Å². The van der Waals surface area contributed by atoms with Crippen LogP contribution in [0.1, 0.15) is 11.3 Å². The molecule has 0 radical (unpaired) electrons. The third-order valence-corrected chi connectivity index (χ3v) is 2.43. The first-order valence-electron chi connectivity index (χ1n) is 3.33. The molecule has 0 spiro atoms. The van der Waals surface area contributed by atoms with E-state index >= 15 is 0 Å². The van der Waals surface area contributed by atoms with Crippen LogP contribution in [0.3, 0.4) is 0 Å². The number of halogens is 1. The highest BCUT2D eigenvalue weighted by Gasteiger charge is 2.14. The van der Waals surface area contributed by atoms with Crippen molar-refractivity contribution in [2.45, 2.75) is 13.0 Å². The smallest absolute Gasteiger partial charge is 0.110 e. The first-order chi connectivity index (χ1) is 4.88. The van der Waals surface area contributed by atoms with Crippen LogP contribution in [-0.4, -0.2) is 6.54 Å². The van der Waals surface area contributed by atoms with Crippen molar-refractivity contribution in [1.29, 1.82) is 0 Å². The van der Waals surface area contributed by atoms with Gasteiger partial charge in [-0.1, -0.05) is 0 Å². The lowest BCUT2D eigenvalue weighted by Crippen LogP contribution is -2.22. The van der Waals surface area contributed by atoms with E-state index in [-0.39, 0.29) is 0 Å². The second kappa shape index (κ2) is 2.40. The monoisotopic (exact) mass is 201 g/mol. The van der Waals surface area contributed by atoms with Gasteiger partial charge in [0.1, 0.15) is 12.0 Å². The zero-order chi connectivity index (χ0) is 6.97. The number of fused-ring (bicyclic) bond motifs is 1. The largest absolute Gasteiger partial charge is 0.468 e. The predicted molar refractivity (Wildman–Crippen MR) is 41.8 cm³/mol. The van der Waals surface area contributed by atoms with Gasteiger partial charge in [0.05, 0.1) is 4.47 Å². The fourth-order valence-electron chi connectivity index (χ4n) is 1.21. The van der Waals surface area contributed by atoms with E-state index in [1.807, 2.05) is 0 Å². The molecule has 10 heavy (non-hydrogen) atoms. The van der Waals surface area contributed by atoms with E-state index in [2.05, 4.69) is 21.2 Å². The molecule has 2 nitrogen and oxygen atoms in total. The quantitative estimate of drug-likeness (QED) is 0.692. The second-order valence-corrected chi connectivity index (χ2v) is 3.27. The van der Waals surface area contributed by atoms with Crippen molar-refractivity contribution < 1.29 is 4.42 Å². The molecule has 0 saturated heterocycles. The summed E-state index contributed by atoms with van der Waals surface area (Å²) >= 11 is 3.42. The highest BCUT2D eigenvalue weighted by molar-refractivity contribution is 9.10. The standard InChI is InChI=1S/C7H8BrNO/c8-6-4-10-7-1-2-9-3-5(6)7/h4,9H,1-3H2. The Hall–Kier alpha value is -0.280. The van der Waals surface area contributed by atoms with E-state index in [1.165, 1.54) is 5.56 Å². The van der Waals surface area contributed by atoms with Crippen LogP contribution in [-0.2, 0) is 13.0 Å². The molecule has 0 aromatic carbocycles. The number of hydrogen-bond donors (Lipinski definition) is 1. The topological polar surface area (TPSA) is 25.2 Å². The van der Waals surface area contributed by atoms with E-state index in [9.17, 15) is 0 Å². The molecule has 1 aliphatic heterocycles. The molecule has 0 aliphatic carbocycles. The maximum atomic E-state index is 5.30. The molecule has 1 N–H and O–H groups in total. The molecule has 1 aromatic heterocycles. The molecule has 1 aromatic rings. The summed E-state index contributed by atoms with van der Waals surface area (Å²) in [4.78, 5) is 0. The molecule has 3 heteroatoms. The fourth-order valence-corrected chi connectivity index (χ4v) is 1.66. The minimum Gasteiger partial charge on any atom is -0.468 e. The number of nitrogens with one attached hydrogen (secondary N) is 1. The third kappa shape index (κ3) is 0.896. The first kappa shape index (κ1) is 6.43. The van der Waals surface area contributed by atoms with Crippen molar-refractivity contribution in [1.82, 2.24) is 5.32 Å². The minimum absolute atomic E-state index is 0.937. The van der Waals surface area contributed by atoms with Crippen LogP contribution < -0.4 is 5.32 Å². The SMILES string of the molecule is Brc1coc2c1CNCC2. The van der Waals surface area contributed by atoms with Gasteiger partial charge < -0.3 is 9.73 Å². The van der Waals surface area contributed by atoms with E-state index in [4.69, 9.17) is 4.42 Å². The van der Waals surface area contributed by atoms with E-state index in [1.54, 1.807) is 6.26 Å². The summed E-state index contributed by atoms with van der Waals surface area (Å²) in [6.07, 6.45) is 2.78.